The van der Waals surface area contributed by atoms with Crippen LogP contribution >= 0.6 is 0 Å². The summed E-state index contributed by atoms with van der Waals surface area (Å²) in [7, 11) is -5.29. The van der Waals surface area contributed by atoms with Crippen LogP contribution in [0, 0.1) is 0 Å². The van der Waals surface area contributed by atoms with Crippen LogP contribution in [0.15, 0.2) is 23.1 Å². The van der Waals surface area contributed by atoms with Gasteiger partial charge in [-0.1, -0.05) is 0 Å². The lowest BCUT2D eigenvalue weighted by atomic mass is 10.2. The van der Waals surface area contributed by atoms with Gasteiger partial charge < -0.3 is 11.1 Å². The molecule has 1 fully saturated rings. The summed E-state index contributed by atoms with van der Waals surface area (Å²) in [6.07, 6.45) is 1.28. The standard InChI is InChI=1S/C12H19N3O4S2/c1-14-21(18,19)9-4-5-11(13)12(7-9)15-8-10-3-2-6-20(10,16)17/h4-5,7,10,14-15H,2-3,6,8,13H2,1H3. The van der Waals surface area contributed by atoms with E-state index in [2.05, 4.69) is 10.0 Å². The number of sulfone groups is 1. The molecular weight excluding hydrogens is 314 g/mol. The van der Waals surface area contributed by atoms with Crippen molar-refractivity contribution >= 4 is 31.2 Å². The summed E-state index contributed by atoms with van der Waals surface area (Å²) in [5, 5.41) is 2.51. The van der Waals surface area contributed by atoms with E-state index in [-0.39, 0.29) is 17.2 Å². The average Bonchev–Trinajstić information content (AvgIpc) is 2.76. The van der Waals surface area contributed by atoms with Gasteiger partial charge in [-0.2, -0.15) is 0 Å². The van der Waals surface area contributed by atoms with E-state index in [1.165, 1.54) is 25.2 Å². The van der Waals surface area contributed by atoms with E-state index in [9.17, 15) is 16.8 Å². The van der Waals surface area contributed by atoms with Gasteiger partial charge in [-0.25, -0.2) is 21.6 Å². The molecule has 1 aromatic carbocycles. The summed E-state index contributed by atoms with van der Waals surface area (Å²) in [4.78, 5) is 0.0796. The molecule has 0 saturated carbocycles. The molecule has 1 aliphatic heterocycles. The van der Waals surface area contributed by atoms with Crippen LogP contribution in [0.3, 0.4) is 0 Å². The average molecular weight is 333 g/mol. The zero-order chi connectivity index (χ0) is 15.7. The lowest BCUT2D eigenvalue weighted by Crippen LogP contribution is -2.25. The fraction of sp³-hybridized carbons (Fsp3) is 0.500. The molecule has 7 nitrogen and oxygen atoms in total. The molecule has 1 aromatic rings. The molecule has 0 radical (unpaired) electrons. The van der Waals surface area contributed by atoms with Gasteiger partial charge >= 0.3 is 0 Å². The topological polar surface area (TPSA) is 118 Å². The summed E-state index contributed by atoms with van der Waals surface area (Å²) >= 11 is 0. The Morgan fingerprint density at radius 1 is 1.38 bits per heavy atom. The molecule has 9 heteroatoms. The maximum absolute atomic E-state index is 11.8. The summed E-state index contributed by atoms with van der Waals surface area (Å²) in [6.45, 7) is 0.232. The van der Waals surface area contributed by atoms with Crippen LogP contribution in [0.5, 0.6) is 0 Å². The minimum Gasteiger partial charge on any atom is -0.397 e. The van der Waals surface area contributed by atoms with Gasteiger partial charge in [0.25, 0.3) is 0 Å². The largest absolute Gasteiger partial charge is 0.397 e. The molecule has 0 aliphatic carbocycles. The molecule has 0 bridgehead atoms. The third-order valence-electron chi connectivity index (χ3n) is 3.59. The molecule has 1 aliphatic rings. The Morgan fingerprint density at radius 3 is 2.67 bits per heavy atom. The number of rotatable bonds is 5. The fourth-order valence-corrected chi connectivity index (χ4v) is 4.81. The highest BCUT2D eigenvalue weighted by molar-refractivity contribution is 7.92. The first-order valence-corrected chi connectivity index (χ1v) is 9.74. The minimum absolute atomic E-state index is 0.0796. The van der Waals surface area contributed by atoms with Gasteiger partial charge in [0.1, 0.15) is 0 Å². The lowest BCUT2D eigenvalue weighted by Gasteiger charge is -2.14. The summed E-state index contributed by atoms with van der Waals surface area (Å²) in [6, 6.07) is 4.29. The van der Waals surface area contributed by atoms with E-state index in [1.807, 2.05) is 0 Å². The normalized spacial score (nSPS) is 21.3. The molecule has 118 valence electrons. The first kappa shape index (κ1) is 16.1. The Hall–Kier alpha value is -1.32. The van der Waals surface area contributed by atoms with Crippen molar-refractivity contribution in [2.75, 3.05) is 30.4 Å². The van der Waals surface area contributed by atoms with Crippen LogP contribution in [-0.2, 0) is 19.9 Å². The van der Waals surface area contributed by atoms with Gasteiger partial charge in [-0.15, -0.1) is 0 Å². The van der Waals surface area contributed by atoms with Crippen molar-refractivity contribution in [1.82, 2.24) is 4.72 Å². The molecule has 1 atom stereocenters. The molecule has 0 aromatic heterocycles. The SMILES string of the molecule is CNS(=O)(=O)c1ccc(N)c(NCC2CCCS2(=O)=O)c1. The third-order valence-corrected chi connectivity index (χ3v) is 7.27. The van der Waals surface area contributed by atoms with Crippen molar-refractivity contribution < 1.29 is 16.8 Å². The number of anilines is 2. The molecule has 4 N–H and O–H groups in total. The van der Waals surface area contributed by atoms with Gasteiger partial charge in [0.15, 0.2) is 9.84 Å². The molecule has 1 heterocycles. The zero-order valence-electron chi connectivity index (χ0n) is 11.7. The van der Waals surface area contributed by atoms with E-state index in [0.717, 1.165) is 0 Å². The Labute approximate surface area is 124 Å². The number of nitrogen functional groups attached to an aromatic ring is 1. The monoisotopic (exact) mass is 333 g/mol. The predicted octanol–water partition coefficient (Wildman–Crippen LogP) is 0.166. The molecule has 0 amide bonds. The van der Waals surface area contributed by atoms with Gasteiger partial charge in [-0.3, -0.25) is 0 Å². The summed E-state index contributed by atoms with van der Waals surface area (Å²) < 4.78 is 49.3. The number of hydrogen-bond donors (Lipinski definition) is 3. The molecule has 21 heavy (non-hydrogen) atoms. The van der Waals surface area contributed by atoms with E-state index in [4.69, 9.17) is 5.73 Å². The fourth-order valence-electron chi connectivity index (χ4n) is 2.28. The quantitative estimate of drug-likeness (QED) is 0.661. The minimum atomic E-state index is -3.56. The number of nitrogens with two attached hydrogens (primary N) is 1. The van der Waals surface area contributed by atoms with Gasteiger partial charge in [0.05, 0.1) is 27.3 Å². The van der Waals surface area contributed by atoms with Crippen molar-refractivity contribution in [2.24, 2.45) is 0 Å². The highest BCUT2D eigenvalue weighted by atomic mass is 32.2. The second-order valence-electron chi connectivity index (χ2n) is 4.97. The number of sulfonamides is 1. The van der Waals surface area contributed by atoms with E-state index < -0.39 is 25.1 Å². The Morgan fingerprint density at radius 2 is 2.10 bits per heavy atom. The van der Waals surface area contributed by atoms with E-state index >= 15 is 0 Å². The van der Waals surface area contributed by atoms with Crippen LogP contribution in [0.1, 0.15) is 12.8 Å². The Bertz CT molecular complexity index is 729. The smallest absolute Gasteiger partial charge is 0.240 e. The van der Waals surface area contributed by atoms with Crippen molar-refractivity contribution in [3.63, 3.8) is 0 Å². The van der Waals surface area contributed by atoms with Gasteiger partial charge in [0.2, 0.25) is 10.0 Å². The second kappa shape index (κ2) is 5.82. The van der Waals surface area contributed by atoms with Crippen molar-refractivity contribution in [3.8, 4) is 0 Å². The summed E-state index contributed by atoms with van der Waals surface area (Å²) in [5.41, 5.74) is 6.60. The predicted molar refractivity (Wildman–Crippen MR) is 82.4 cm³/mol. The van der Waals surface area contributed by atoms with Crippen molar-refractivity contribution in [2.45, 2.75) is 23.0 Å². The van der Waals surface area contributed by atoms with Crippen molar-refractivity contribution in [1.29, 1.82) is 0 Å². The Kier molecular flexibility index (Phi) is 4.45. The van der Waals surface area contributed by atoms with E-state index in [0.29, 0.717) is 24.2 Å². The molecule has 1 saturated heterocycles. The lowest BCUT2D eigenvalue weighted by molar-refractivity contribution is 0.587. The Balaban J connectivity index is 2.19. The molecule has 0 spiro atoms. The number of nitrogens with one attached hydrogen (secondary N) is 2. The molecule has 1 unspecified atom stereocenters. The third kappa shape index (κ3) is 3.47. The first-order valence-electron chi connectivity index (χ1n) is 6.55. The highest BCUT2D eigenvalue weighted by Crippen LogP contribution is 2.25. The van der Waals surface area contributed by atoms with Crippen LogP contribution in [0.2, 0.25) is 0 Å². The maximum atomic E-state index is 11.8. The number of benzene rings is 1. The van der Waals surface area contributed by atoms with Crippen LogP contribution in [0.25, 0.3) is 0 Å². The first-order chi connectivity index (χ1) is 9.76. The van der Waals surface area contributed by atoms with Crippen LogP contribution < -0.4 is 15.8 Å². The van der Waals surface area contributed by atoms with Gasteiger partial charge in [0, 0.05) is 6.54 Å². The summed E-state index contributed by atoms with van der Waals surface area (Å²) in [5.74, 6) is 0.211. The molecular formula is C12H19N3O4S2. The van der Waals surface area contributed by atoms with Crippen LogP contribution in [-0.4, -0.2) is 41.4 Å². The van der Waals surface area contributed by atoms with Gasteiger partial charge in [-0.05, 0) is 38.1 Å². The highest BCUT2D eigenvalue weighted by Gasteiger charge is 2.31. The maximum Gasteiger partial charge on any atom is 0.240 e. The molecule has 2 rings (SSSR count). The van der Waals surface area contributed by atoms with E-state index in [1.54, 1.807) is 0 Å². The second-order valence-corrected chi connectivity index (χ2v) is 9.26. The van der Waals surface area contributed by atoms with Crippen LogP contribution in [0.4, 0.5) is 11.4 Å². The number of hydrogen-bond acceptors (Lipinski definition) is 6. The van der Waals surface area contributed by atoms with Crippen molar-refractivity contribution in [3.05, 3.63) is 18.2 Å². The zero-order valence-corrected chi connectivity index (χ0v) is 13.3.